The average molecular weight is 571 g/mol. The summed E-state index contributed by atoms with van der Waals surface area (Å²) in [5.41, 5.74) is 8.18. The van der Waals surface area contributed by atoms with Crippen LogP contribution in [0.4, 0.5) is 22.7 Å². The first-order valence-electron chi connectivity index (χ1n) is 12.8. The van der Waals surface area contributed by atoms with Crippen LogP contribution in [0.15, 0.2) is 78.9 Å². The predicted octanol–water partition coefficient (Wildman–Crippen LogP) is 5.61. The molecule has 0 aromatic heterocycles. The Hall–Kier alpha value is -5.58. The Bertz CT molecular complexity index is 1640. The van der Waals surface area contributed by atoms with Gasteiger partial charge in [0.05, 0.1) is 36.1 Å². The fourth-order valence-corrected chi connectivity index (χ4v) is 4.23. The van der Waals surface area contributed by atoms with E-state index in [1.807, 2.05) is 49.4 Å². The van der Waals surface area contributed by atoms with Crippen LogP contribution in [-0.4, -0.2) is 38.0 Å². The minimum Gasteiger partial charge on any atom is -0.497 e. The molecule has 4 aromatic rings. The predicted molar refractivity (Wildman–Crippen MR) is 160 cm³/mol. The van der Waals surface area contributed by atoms with Gasteiger partial charge in [-0.25, -0.2) is 0 Å². The van der Waals surface area contributed by atoms with Gasteiger partial charge in [0.15, 0.2) is 0 Å². The number of nitrogens with two attached hydrogens (primary N) is 1. The zero-order valence-electron chi connectivity index (χ0n) is 23.5. The van der Waals surface area contributed by atoms with Crippen molar-refractivity contribution in [2.45, 2.75) is 13.5 Å². The summed E-state index contributed by atoms with van der Waals surface area (Å²) >= 11 is 0. The molecule has 216 valence electrons. The second-order valence-corrected chi connectivity index (χ2v) is 9.34. The van der Waals surface area contributed by atoms with E-state index in [-0.39, 0.29) is 34.3 Å². The fourth-order valence-electron chi connectivity index (χ4n) is 4.23. The number of carbonyl (C=O) groups is 2. The van der Waals surface area contributed by atoms with Crippen molar-refractivity contribution in [3.63, 3.8) is 0 Å². The normalized spacial score (nSPS) is 10.5. The first-order valence-corrected chi connectivity index (χ1v) is 12.8. The molecule has 0 radical (unpaired) electrons. The van der Waals surface area contributed by atoms with Gasteiger partial charge in [0, 0.05) is 18.7 Å². The van der Waals surface area contributed by atoms with E-state index in [1.54, 1.807) is 20.2 Å². The van der Waals surface area contributed by atoms with Crippen LogP contribution in [-0.2, 0) is 6.61 Å². The summed E-state index contributed by atoms with van der Waals surface area (Å²) in [6.45, 7) is 2.23. The van der Waals surface area contributed by atoms with Crippen molar-refractivity contribution in [3.05, 3.63) is 111 Å². The van der Waals surface area contributed by atoms with Gasteiger partial charge >= 0.3 is 0 Å². The molecule has 0 fully saturated rings. The monoisotopic (exact) mass is 570 g/mol. The van der Waals surface area contributed by atoms with E-state index in [0.29, 0.717) is 23.6 Å². The quantitative estimate of drug-likeness (QED) is 0.142. The maximum Gasteiger partial charge on any atom is 0.292 e. The number of nitrogen functional groups attached to an aromatic ring is 1. The van der Waals surface area contributed by atoms with E-state index in [4.69, 9.17) is 19.9 Å². The summed E-state index contributed by atoms with van der Waals surface area (Å²) in [6, 6.07) is 21.6. The number of aryl methyl sites for hydroxylation is 1. The number of amides is 2. The summed E-state index contributed by atoms with van der Waals surface area (Å²) in [5.74, 6) is 0.490. The molecule has 0 unspecified atom stereocenters. The highest BCUT2D eigenvalue weighted by molar-refractivity contribution is 6.10. The van der Waals surface area contributed by atoms with Crippen LogP contribution in [0.25, 0.3) is 0 Å². The van der Waals surface area contributed by atoms with Crippen LogP contribution < -0.4 is 30.2 Å². The van der Waals surface area contributed by atoms with E-state index in [2.05, 4.69) is 5.32 Å². The third-order valence-electron chi connectivity index (χ3n) is 6.56. The number of benzene rings is 4. The average Bonchev–Trinajstić information content (AvgIpc) is 2.99. The van der Waals surface area contributed by atoms with Crippen LogP contribution in [0.3, 0.4) is 0 Å². The van der Waals surface area contributed by atoms with Crippen LogP contribution in [0.2, 0.25) is 0 Å². The lowest BCUT2D eigenvalue weighted by molar-refractivity contribution is -0.383. The van der Waals surface area contributed by atoms with E-state index in [0.717, 1.165) is 16.9 Å². The van der Waals surface area contributed by atoms with Crippen molar-refractivity contribution in [1.82, 2.24) is 0 Å². The SMILES string of the molecule is COc1ccc(COc2cc(C)ccc2N(C)C(=O)c2ccc(NC(=O)c3cccc([N+](=O)[O-])c3N)c(OC)c2)cc1. The molecule has 0 saturated heterocycles. The summed E-state index contributed by atoms with van der Waals surface area (Å²) < 4.78 is 16.7. The number of anilines is 3. The molecule has 0 heterocycles. The minimum atomic E-state index is -0.663. The van der Waals surface area contributed by atoms with Crippen molar-refractivity contribution >= 4 is 34.6 Å². The van der Waals surface area contributed by atoms with Gasteiger partial charge in [0.1, 0.15) is 29.5 Å². The second-order valence-electron chi connectivity index (χ2n) is 9.34. The van der Waals surface area contributed by atoms with Gasteiger partial charge in [-0.1, -0.05) is 24.3 Å². The number of hydrogen-bond donors (Lipinski definition) is 2. The first kappa shape index (κ1) is 29.4. The number of ether oxygens (including phenoxy) is 3. The molecule has 0 spiro atoms. The number of nitro benzene ring substituents is 1. The summed E-state index contributed by atoms with van der Waals surface area (Å²) in [4.78, 5) is 38.4. The number of nitro groups is 1. The third kappa shape index (κ3) is 6.41. The molecule has 0 aliphatic carbocycles. The Balaban J connectivity index is 1.54. The standard InChI is InChI=1S/C31H30N4O7/c1-19-8-15-25(28(16-19)42-18-20-9-12-22(40-3)13-10-20)34(2)31(37)21-11-14-24(27(17-21)41-4)33-30(36)23-6-5-7-26(29(23)32)35(38)39/h5-17H,18,32H2,1-4H3,(H,33,36). The van der Waals surface area contributed by atoms with Crippen LogP contribution in [0.5, 0.6) is 17.2 Å². The maximum absolute atomic E-state index is 13.5. The van der Waals surface area contributed by atoms with Gasteiger partial charge in [-0.05, 0) is 66.6 Å². The van der Waals surface area contributed by atoms with Crippen molar-refractivity contribution in [3.8, 4) is 17.2 Å². The van der Waals surface area contributed by atoms with Crippen molar-refractivity contribution < 1.29 is 28.7 Å². The Morgan fingerprint density at radius 1 is 0.952 bits per heavy atom. The number of hydrogen-bond acceptors (Lipinski definition) is 8. The molecular formula is C31H30N4O7. The number of rotatable bonds is 10. The fraction of sp³-hybridized carbons (Fsp3) is 0.161. The van der Waals surface area contributed by atoms with Gasteiger partial charge in [0.2, 0.25) is 0 Å². The minimum absolute atomic E-state index is 0.0623. The van der Waals surface area contributed by atoms with Crippen molar-refractivity contribution in [2.75, 3.05) is 37.2 Å². The Kier molecular flexibility index (Phi) is 8.91. The molecule has 11 nitrogen and oxygen atoms in total. The van der Waals surface area contributed by atoms with E-state index in [9.17, 15) is 19.7 Å². The molecule has 0 atom stereocenters. The second kappa shape index (κ2) is 12.7. The number of para-hydroxylation sites is 1. The zero-order chi connectivity index (χ0) is 30.4. The number of nitrogens with one attached hydrogen (secondary N) is 1. The van der Waals surface area contributed by atoms with E-state index < -0.39 is 10.8 Å². The Morgan fingerprint density at radius 2 is 1.69 bits per heavy atom. The summed E-state index contributed by atoms with van der Waals surface area (Å²) in [5, 5.41) is 13.8. The van der Waals surface area contributed by atoms with Crippen LogP contribution >= 0.6 is 0 Å². The molecule has 4 rings (SSSR count). The molecular weight excluding hydrogens is 540 g/mol. The van der Waals surface area contributed by atoms with Gasteiger partial charge in [-0.15, -0.1) is 0 Å². The Morgan fingerprint density at radius 3 is 2.36 bits per heavy atom. The molecule has 11 heteroatoms. The third-order valence-corrected chi connectivity index (χ3v) is 6.56. The molecule has 3 N–H and O–H groups in total. The lowest BCUT2D eigenvalue weighted by Gasteiger charge is -2.22. The first-order chi connectivity index (χ1) is 20.1. The number of carbonyl (C=O) groups excluding carboxylic acids is 2. The molecule has 0 aliphatic rings. The van der Waals surface area contributed by atoms with Gasteiger partial charge < -0.3 is 30.2 Å². The highest BCUT2D eigenvalue weighted by atomic mass is 16.6. The Labute approximate surface area is 242 Å². The summed E-state index contributed by atoms with van der Waals surface area (Å²) in [7, 11) is 4.64. The molecule has 0 saturated carbocycles. The van der Waals surface area contributed by atoms with Gasteiger partial charge in [-0.3, -0.25) is 19.7 Å². The van der Waals surface area contributed by atoms with E-state index in [1.165, 1.54) is 42.3 Å². The summed E-state index contributed by atoms with van der Waals surface area (Å²) in [6.07, 6.45) is 0. The molecule has 4 aromatic carbocycles. The molecule has 42 heavy (non-hydrogen) atoms. The van der Waals surface area contributed by atoms with Crippen LogP contribution in [0.1, 0.15) is 31.8 Å². The van der Waals surface area contributed by atoms with Crippen LogP contribution in [0, 0.1) is 17.0 Å². The van der Waals surface area contributed by atoms with E-state index >= 15 is 0 Å². The number of nitrogens with zero attached hydrogens (tertiary/aromatic N) is 2. The van der Waals surface area contributed by atoms with Gasteiger partial charge in [0.25, 0.3) is 17.5 Å². The van der Waals surface area contributed by atoms with Crippen molar-refractivity contribution in [1.29, 1.82) is 0 Å². The maximum atomic E-state index is 13.5. The highest BCUT2D eigenvalue weighted by Crippen LogP contribution is 2.33. The largest absolute Gasteiger partial charge is 0.497 e. The lowest BCUT2D eigenvalue weighted by Crippen LogP contribution is -2.27. The smallest absolute Gasteiger partial charge is 0.292 e. The lowest BCUT2D eigenvalue weighted by atomic mass is 10.1. The molecule has 0 bridgehead atoms. The topological polar surface area (TPSA) is 146 Å². The zero-order valence-corrected chi connectivity index (χ0v) is 23.5. The molecule has 0 aliphatic heterocycles. The number of methoxy groups -OCH3 is 2. The van der Waals surface area contributed by atoms with Gasteiger partial charge in [-0.2, -0.15) is 0 Å². The molecule has 2 amide bonds. The highest BCUT2D eigenvalue weighted by Gasteiger charge is 2.22. The van der Waals surface area contributed by atoms with Crippen molar-refractivity contribution in [2.24, 2.45) is 0 Å².